The second kappa shape index (κ2) is 9.36. The fourth-order valence-electron chi connectivity index (χ4n) is 2.68. The summed E-state index contributed by atoms with van der Waals surface area (Å²) in [7, 11) is -3.80. The Morgan fingerprint density at radius 3 is 2.48 bits per heavy atom. The van der Waals surface area contributed by atoms with Gasteiger partial charge in [-0.3, -0.25) is 4.79 Å². The Bertz CT molecular complexity index is 991. The minimum atomic E-state index is -3.80. The van der Waals surface area contributed by atoms with Gasteiger partial charge in [0, 0.05) is 18.8 Å². The van der Waals surface area contributed by atoms with Crippen LogP contribution < -0.4 is 5.32 Å². The molecule has 0 unspecified atom stereocenters. The van der Waals surface area contributed by atoms with Gasteiger partial charge in [-0.25, -0.2) is 13.2 Å². The maximum Gasteiger partial charge on any atom is 0.340 e. The van der Waals surface area contributed by atoms with Crippen LogP contribution in [0.2, 0.25) is 5.02 Å². The monoisotopic (exact) mass is 438 g/mol. The van der Waals surface area contributed by atoms with E-state index >= 15 is 0 Å². The van der Waals surface area contributed by atoms with Crippen molar-refractivity contribution < 1.29 is 27.5 Å². The number of anilines is 1. The number of morpholine rings is 1. The van der Waals surface area contributed by atoms with Gasteiger partial charge in [0.05, 0.1) is 28.7 Å². The lowest BCUT2D eigenvalue weighted by atomic mass is 10.2. The summed E-state index contributed by atoms with van der Waals surface area (Å²) in [5.41, 5.74) is 0.429. The number of rotatable bonds is 6. The topological polar surface area (TPSA) is 102 Å². The Morgan fingerprint density at radius 2 is 1.79 bits per heavy atom. The molecule has 8 nitrogen and oxygen atoms in total. The minimum Gasteiger partial charge on any atom is -0.452 e. The highest BCUT2D eigenvalue weighted by Gasteiger charge is 2.28. The van der Waals surface area contributed by atoms with Crippen molar-refractivity contribution in [2.75, 3.05) is 38.2 Å². The quantitative estimate of drug-likeness (QED) is 0.693. The maximum atomic E-state index is 12.8. The molecular formula is C19H19ClN2O6S. The Hall–Kier alpha value is -2.46. The smallest absolute Gasteiger partial charge is 0.340 e. The molecule has 3 rings (SSSR count). The molecule has 1 amide bonds. The van der Waals surface area contributed by atoms with Crippen LogP contribution in [0.5, 0.6) is 0 Å². The molecule has 1 aliphatic rings. The third-order valence-corrected chi connectivity index (χ3v) is 6.38. The van der Waals surface area contributed by atoms with Gasteiger partial charge in [-0.15, -0.1) is 0 Å². The van der Waals surface area contributed by atoms with Crippen LogP contribution in [0.15, 0.2) is 53.4 Å². The molecule has 10 heteroatoms. The number of halogens is 1. The van der Waals surface area contributed by atoms with Crippen molar-refractivity contribution in [3.63, 3.8) is 0 Å². The van der Waals surface area contributed by atoms with Crippen LogP contribution in [-0.2, 0) is 24.3 Å². The zero-order valence-electron chi connectivity index (χ0n) is 15.3. The van der Waals surface area contributed by atoms with E-state index in [1.54, 1.807) is 30.3 Å². The van der Waals surface area contributed by atoms with Gasteiger partial charge < -0.3 is 14.8 Å². The van der Waals surface area contributed by atoms with E-state index in [0.29, 0.717) is 18.9 Å². The number of para-hydroxylation sites is 1. The van der Waals surface area contributed by atoms with Gasteiger partial charge in [-0.1, -0.05) is 29.8 Å². The first kappa shape index (κ1) is 21.3. The second-order valence-electron chi connectivity index (χ2n) is 6.15. The van der Waals surface area contributed by atoms with Crippen LogP contribution in [0.4, 0.5) is 5.69 Å². The summed E-state index contributed by atoms with van der Waals surface area (Å²) in [6, 6.07) is 12.5. The van der Waals surface area contributed by atoms with E-state index in [-0.39, 0.29) is 28.6 Å². The fourth-order valence-corrected chi connectivity index (χ4v) is 4.31. The van der Waals surface area contributed by atoms with E-state index in [1.165, 1.54) is 16.4 Å². The predicted octanol–water partition coefficient (Wildman–Crippen LogP) is 2.16. The molecule has 1 heterocycles. The zero-order valence-corrected chi connectivity index (χ0v) is 16.9. The van der Waals surface area contributed by atoms with E-state index in [9.17, 15) is 18.0 Å². The number of carbonyl (C=O) groups is 2. The van der Waals surface area contributed by atoms with E-state index < -0.39 is 28.5 Å². The van der Waals surface area contributed by atoms with Crippen molar-refractivity contribution in [2.24, 2.45) is 0 Å². The van der Waals surface area contributed by atoms with Gasteiger partial charge in [0.25, 0.3) is 5.91 Å². The third kappa shape index (κ3) is 5.33. The number of hydrogen-bond acceptors (Lipinski definition) is 6. The van der Waals surface area contributed by atoms with Crippen LogP contribution >= 0.6 is 11.6 Å². The third-order valence-electron chi connectivity index (χ3n) is 4.16. The lowest BCUT2D eigenvalue weighted by molar-refractivity contribution is -0.119. The molecule has 29 heavy (non-hydrogen) atoms. The van der Waals surface area contributed by atoms with Crippen molar-refractivity contribution in [1.29, 1.82) is 0 Å². The predicted molar refractivity (Wildman–Crippen MR) is 106 cm³/mol. The normalized spacial score (nSPS) is 14.9. The molecule has 0 aromatic heterocycles. The second-order valence-corrected chi connectivity index (χ2v) is 8.49. The van der Waals surface area contributed by atoms with Gasteiger partial charge in [0.1, 0.15) is 0 Å². The van der Waals surface area contributed by atoms with Gasteiger partial charge in [0.2, 0.25) is 10.0 Å². The van der Waals surface area contributed by atoms with Crippen LogP contribution in [0, 0.1) is 0 Å². The Kier molecular flexibility index (Phi) is 6.86. The average molecular weight is 439 g/mol. The highest BCUT2D eigenvalue weighted by atomic mass is 35.5. The molecule has 1 saturated heterocycles. The van der Waals surface area contributed by atoms with E-state index in [4.69, 9.17) is 21.1 Å². The molecular weight excluding hydrogens is 420 g/mol. The molecule has 1 fully saturated rings. The molecule has 0 saturated carbocycles. The number of nitrogens with zero attached hydrogens (tertiary/aromatic N) is 1. The summed E-state index contributed by atoms with van der Waals surface area (Å²) in [6.07, 6.45) is 0. The number of ether oxygens (including phenoxy) is 2. The van der Waals surface area contributed by atoms with Gasteiger partial charge in [0.15, 0.2) is 6.61 Å². The highest BCUT2D eigenvalue weighted by molar-refractivity contribution is 7.89. The van der Waals surface area contributed by atoms with Crippen LogP contribution in [0.3, 0.4) is 0 Å². The molecule has 154 valence electrons. The van der Waals surface area contributed by atoms with Crippen LogP contribution in [0.25, 0.3) is 0 Å². The molecule has 0 spiro atoms. The van der Waals surface area contributed by atoms with E-state index in [2.05, 4.69) is 5.32 Å². The summed E-state index contributed by atoms with van der Waals surface area (Å²) in [5.74, 6) is -1.42. The minimum absolute atomic E-state index is 0.0272. The number of carbonyl (C=O) groups excluding carboxylic acids is 2. The maximum absolute atomic E-state index is 12.8. The Morgan fingerprint density at radius 1 is 1.10 bits per heavy atom. The summed E-state index contributed by atoms with van der Waals surface area (Å²) in [6.45, 7) is 0.524. The Balaban J connectivity index is 1.68. The van der Waals surface area contributed by atoms with E-state index in [0.717, 1.165) is 6.07 Å². The number of sulfonamides is 1. The van der Waals surface area contributed by atoms with Crippen molar-refractivity contribution in [2.45, 2.75) is 4.90 Å². The molecule has 2 aromatic carbocycles. The van der Waals surface area contributed by atoms with Crippen molar-refractivity contribution >= 4 is 39.2 Å². The van der Waals surface area contributed by atoms with Crippen LogP contribution in [0.1, 0.15) is 10.4 Å². The summed E-state index contributed by atoms with van der Waals surface area (Å²) >= 11 is 6.04. The number of amides is 1. The van der Waals surface area contributed by atoms with Crippen molar-refractivity contribution in [1.82, 2.24) is 4.31 Å². The number of benzene rings is 2. The number of esters is 1. The summed E-state index contributed by atoms with van der Waals surface area (Å²) < 4.78 is 36.9. The lowest BCUT2D eigenvalue weighted by Gasteiger charge is -2.26. The standard InChI is InChI=1S/C19H19ClN2O6S/c20-17-7-6-15(29(25,26)22-8-10-27-11-9-22)12-16(17)19(24)28-13-18(23)21-14-4-2-1-3-5-14/h1-7,12H,8-11,13H2,(H,21,23). The van der Waals surface area contributed by atoms with Gasteiger partial charge in [-0.2, -0.15) is 4.31 Å². The van der Waals surface area contributed by atoms with Crippen molar-refractivity contribution in [3.05, 3.63) is 59.1 Å². The summed E-state index contributed by atoms with van der Waals surface area (Å²) in [4.78, 5) is 24.2. The number of hydrogen-bond donors (Lipinski definition) is 1. The van der Waals surface area contributed by atoms with Crippen LogP contribution in [-0.4, -0.2) is 57.5 Å². The fraction of sp³-hybridized carbons (Fsp3) is 0.263. The first-order chi connectivity index (χ1) is 13.9. The molecule has 1 aliphatic heterocycles. The molecule has 0 atom stereocenters. The summed E-state index contributed by atoms with van der Waals surface area (Å²) in [5, 5.41) is 2.61. The average Bonchev–Trinajstić information content (AvgIpc) is 2.73. The largest absolute Gasteiger partial charge is 0.452 e. The molecule has 0 radical (unpaired) electrons. The SMILES string of the molecule is O=C(COC(=O)c1cc(S(=O)(=O)N2CCOCC2)ccc1Cl)Nc1ccccc1. The van der Waals surface area contributed by atoms with Gasteiger partial charge in [-0.05, 0) is 30.3 Å². The molecule has 0 bridgehead atoms. The lowest BCUT2D eigenvalue weighted by Crippen LogP contribution is -2.40. The Labute approximate surface area is 173 Å². The van der Waals surface area contributed by atoms with E-state index in [1.807, 2.05) is 0 Å². The first-order valence-corrected chi connectivity index (χ1v) is 10.6. The van der Waals surface area contributed by atoms with Crippen molar-refractivity contribution in [3.8, 4) is 0 Å². The molecule has 1 N–H and O–H groups in total. The molecule has 2 aromatic rings. The zero-order chi connectivity index (χ0) is 20.9. The first-order valence-electron chi connectivity index (χ1n) is 8.77. The highest BCUT2D eigenvalue weighted by Crippen LogP contribution is 2.24. The van der Waals surface area contributed by atoms with Gasteiger partial charge >= 0.3 is 5.97 Å². The number of nitrogens with one attached hydrogen (secondary N) is 1. The molecule has 0 aliphatic carbocycles.